The highest BCUT2D eigenvalue weighted by atomic mass is 16.5. The third kappa shape index (κ3) is 5.45. The summed E-state index contributed by atoms with van der Waals surface area (Å²) in [5, 5.41) is 11.5. The Morgan fingerprint density at radius 1 is 1.29 bits per heavy atom. The maximum atomic E-state index is 11.7. The molecule has 21 heavy (non-hydrogen) atoms. The van der Waals surface area contributed by atoms with Crippen LogP contribution in [0.25, 0.3) is 0 Å². The second-order valence-corrected chi connectivity index (χ2v) is 5.35. The molecular formula is C16H23NO4. The molecule has 2 atom stereocenters. The van der Waals surface area contributed by atoms with Gasteiger partial charge < -0.3 is 15.2 Å². The van der Waals surface area contributed by atoms with E-state index in [-0.39, 0.29) is 18.9 Å². The molecule has 0 fully saturated rings. The molecule has 5 heteroatoms. The largest absolute Gasteiger partial charge is 0.493 e. The van der Waals surface area contributed by atoms with Crippen molar-refractivity contribution in [1.82, 2.24) is 5.32 Å². The van der Waals surface area contributed by atoms with Crippen LogP contribution in [0.4, 0.5) is 0 Å². The van der Waals surface area contributed by atoms with Crippen LogP contribution in [0.15, 0.2) is 18.2 Å². The standard InChI is InChI=1S/C16H23NO4/c1-10-5-6-11(2)14(9-10)21-8-7-15(18)17-13(4)12(3)16(19)20/h5-6,9,12-13H,7-8H2,1-4H3,(H,17,18)(H,19,20). The van der Waals surface area contributed by atoms with Crippen molar-refractivity contribution in [2.24, 2.45) is 5.92 Å². The Kier molecular flexibility index (Phi) is 6.21. The molecule has 1 aromatic rings. The van der Waals surface area contributed by atoms with E-state index in [4.69, 9.17) is 9.84 Å². The van der Waals surface area contributed by atoms with Gasteiger partial charge in [-0.15, -0.1) is 0 Å². The molecule has 1 amide bonds. The predicted molar refractivity (Wildman–Crippen MR) is 80.4 cm³/mol. The summed E-state index contributed by atoms with van der Waals surface area (Å²) in [6.45, 7) is 7.45. The summed E-state index contributed by atoms with van der Waals surface area (Å²) in [4.78, 5) is 22.6. The Hall–Kier alpha value is -2.04. The number of aryl methyl sites for hydroxylation is 2. The molecule has 0 aliphatic rings. The summed E-state index contributed by atoms with van der Waals surface area (Å²) in [6.07, 6.45) is 0.198. The molecule has 116 valence electrons. The van der Waals surface area contributed by atoms with E-state index in [9.17, 15) is 9.59 Å². The zero-order valence-electron chi connectivity index (χ0n) is 13.0. The number of benzene rings is 1. The van der Waals surface area contributed by atoms with Crippen molar-refractivity contribution in [3.63, 3.8) is 0 Å². The Labute approximate surface area is 125 Å². The van der Waals surface area contributed by atoms with Gasteiger partial charge in [0.2, 0.25) is 5.91 Å². The van der Waals surface area contributed by atoms with Gasteiger partial charge in [-0.2, -0.15) is 0 Å². The van der Waals surface area contributed by atoms with Crippen LogP contribution in [0.2, 0.25) is 0 Å². The summed E-state index contributed by atoms with van der Waals surface area (Å²) in [5.41, 5.74) is 2.12. The van der Waals surface area contributed by atoms with Crippen LogP contribution in [0.5, 0.6) is 5.75 Å². The van der Waals surface area contributed by atoms with E-state index in [1.54, 1.807) is 13.8 Å². The van der Waals surface area contributed by atoms with Crippen molar-refractivity contribution in [2.75, 3.05) is 6.61 Å². The van der Waals surface area contributed by atoms with Crippen molar-refractivity contribution in [1.29, 1.82) is 0 Å². The topological polar surface area (TPSA) is 75.6 Å². The zero-order valence-corrected chi connectivity index (χ0v) is 13.0. The molecule has 0 radical (unpaired) electrons. The Morgan fingerprint density at radius 2 is 1.95 bits per heavy atom. The minimum absolute atomic E-state index is 0.198. The molecule has 0 bridgehead atoms. The Balaban J connectivity index is 2.40. The van der Waals surface area contributed by atoms with Gasteiger partial charge in [-0.25, -0.2) is 0 Å². The fourth-order valence-corrected chi connectivity index (χ4v) is 1.78. The van der Waals surface area contributed by atoms with Crippen LogP contribution in [0, 0.1) is 19.8 Å². The lowest BCUT2D eigenvalue weighted by Gasteiger charge is -2.18. The molecule has 1 aromatic carbocycles. The van der Waals surface area contributed by atoms with E-state index in [2.05, 4.69) is 5.32 Å². The van der Waals surface area contributed by atoms with Gasteiger partial charge in [0.1, 0.15) is 5.75 Å². The first kappa shape index (κ1) is 17.0. The number of amides is 1. The smallest absolute Gasteiger partial charge is 0.308 e. The van der Waals surface area contributed by atoms with E-state index in [1.165, 1.54) is 0 Å². The van der Waals surface area contributed by atoms with Crippen LogP contribution >= 0.6 is 0 Å². The van der Waals surface area contributed by atoms with Gasteiger partial charge in [-0.3, -0.25) is 9.59 Å². The average molecular weight is 293 g/mol. The molecule has 5 nitrogen and oxygen atoms in total. The zero-order chi connectivity index (χ0) is 16.0. The van der Waals surface area contributed by atoms with Gasteiger partial charge in [-0.05, 0) is 44.9 Å². The number of nitrogens with one attached hydrogen (secondary N) is 1. The minimum Gasteiger partial charge on any atom is -0.493 e. The number of aliphatic carboxylic acids is 1. The number of carboxylic acids is 1. The predicted octanol–water partition coefficient (Wildman–Crippen LogP) is 2.30. The first-order valence-corrected chi connectivity index (χ1v) is 7.03. The summed E-state index contributed by atoms with van der Waals surface area (Å²) >= 11 is 0. The maximum absolute atomic E-state index is 11.7. The van der Waals surface area contributed by atoms with Crippen molar-refractivity contribution < 1.29 is 19.4 Å². The quantitative estimate of drug-likeness (QED) is 0.809. The Morgan fingerprint density at radius 3 is 2.57 bits per heavy atom. The fraction of sp³-hybridized carbons (Fsp3) is 0.500. The van der Waals surface area contributed by atoms with Crippen LogP contribution in [-0.2, 0) is 9.59 Å². The van der Waals surface area contributed by atoms with Gasteiger partial charge in [0.05, 0.1) is 18.9 Å². The van der Waals surface area contributed by atoms with Gasteiger partial charge in [0.25, 0.3) is 0 Å². The molecule has 2 unspecified atom stereocenters. The minimum atomic E-state index is -0.922. The highest BCUT2D eigenvalue weighted by molar-refractivity contribution is 5.78. The van der Waals surface area contributed by atoms with Gasteiger partial charge >= 0.3 is 5.97 Å². The fourth-order valence-electron chi connectivity index (χ4n) is 1.78. The summed E-state index contributed by atoms with van der Waals surface area (Å²) in [7, 11) is 0. The summed E-state index contributed by atoms with van der Waals surface area (Å²) in [6, 6.07) is 5.50. The van der Waals surface area contributed by atoms with Crippen LogP contribution < -0.4 is 10.1 Å². The summed E-state index contributed by atoms with van der Waals surface area (Å²) in [5.74, 6) is -0.973. The van der Waals surface area contributed by atoms with E-state index < -0.39 is 17.9 Å². The third-order valence-corrected chi connectivity index (χ3v) is 3.46. The van der Waals surface area contributed by atoms with E-state index in [0.29, 0.717) is 0 Å². The molecule has 0 heterocycles. The van der Waals surface area contributed by atoms with Crippen LogP contribution in [0.1, 0.15) is 31.4 Å². The maximum Gasteiger partial charge on any atom is 0.308 e. The lowest BCUT2D eigenvalue weighted by molar-refractivity contribution is -0.142. The SMILES string of the molecule is Cc1ccc(C)c(OCCC(=O)NC(C)C(C)C(=O)O)c1. The number of hydrogen-bond acceptors (Lipinski definition) is 3. The third-order valence-electron chi connectivity index (χ3n) is 3.46. The molecule has 0 saturated heterocycles. The number of ether oxygens (including phenoxy) is 1. The monoisotopic (exact) mass is 293 g/mol. The molecule has 1 rings (SSSR count). The van der Waals surface area contributed by atoms with Gasteiger partial charge in [0, 0.05) is 6.04 Å². The van der Waals surface area contributed by atoms with Crippen molar-refractivity contribution in [3.8, 4) is 5.75 Å². The molecule has 0 aliphatic carbocycles. The molecular weight excluding hydrogens is 270 g/mol. The lowest BCUT2D eigenvalue weighted by atomic mass is 10.0. The average Bonchev–Trinajstić information content (AvgIpc) is 2.41. The second-order valence-electron chi connectivity index (χ2n) is 5.35. The lowest BCUT2D eigenvalue weighted by Crippen LogP contribution is -2.40. The van der Waals surface area contributed by atoms with Crippen molar-refractivity contribution in [2.45, 2.75) is 40.2 Å². The normalized spacial score (nSPS) is 13.3. The van der Waals surface area contributed by atoms with E-state index in [1.807, 2.05) is 32.0 Å². The molecule has 0 spiro atoms. The molecule has 0 saturated carbocycles. The van der Waals surface area contributed by atoms with Gasteiger partial charge in [-0.1, -0.05) is 12.1 Å². The number of carbonyl (C=O) groups is 2. The second kappa shape index (κ2) is 7.67. The molecule has 0 aromatic heterocycles. The van der Waals surface area contributed by atoms with Crippen molar-refractivity contribution in [3.05, 3.63) is 29.3 Å². The Bertz CT molecular complexity index is 513. The van der Waals surface area contributed by atoms with Crippen molar-refractivity contribution >= 4 is 11.9 Å². The number of rotatable bonds is 7. The van der Waals surface area contributed by atoms with E-state index >= 15 is 0 Å². The number of carbonyl (C=O) groups excluding carboxylic acids is 1. The van der Waals surface area contributed by atoms with Crippen LogP contribution in [0.3, 0.4) is 0 Å². The number of hydrogen-bond donors (Lipinski definition) is 2. The van der Waals surface area contributed by atoms with Crippen LogP contribution in [-0.4, -0.2) is 29.6 Å². The van der Waals surface area contributed by atoms with E-state index in [0.717, 1.165) is 16.9 Å². The highest BCUT2D eigenvalue weighted by Gasteiger charge is 2.20. The highest BCUT2D eigenvalue weighted by Crippen LogP contribution is 2.19. The first-order valence-electron chi connectivity index (χ1n) is 7.03. The molecule has 0 aliphatic heterocycles. The first-order chi connectivity index (χ1) is 9.81. The number of carboxylic acid groups (broad SMARTS) is 1. The van der Waals surface area contributed by atoms with Gasteiger partial charge in [0.15, 0.2) is 0 Å². The molecule has 2 N–H and O–H groups in total. The summed E-state index contributed by atoms with van der Waals surface area (Å²) < 4.78 is 5.60.